The minimum Gasteiger partial charge on any atom is -0.465 e. The molecule has 3 saturated heterocycles. The van der Waals surface area contributed by atoms with Crippen LogP contribution in [0, 0.1) is 68.0 Å². The van der Waals surface area contributed by atoms with Crippen molar-refractivity contribution in [1.29, 1.82) is 0 Å². The molecule has 0 aromatic rings. The summed E-state index contributed by atoms with van der Waals surface area (Å²) in [6, 6.07) is 0. The van der Waals surface area contributed by atoms with Gasteiger partial charge in [0.1, 0.15) is 18.3 Å². The second-order valence-corrected chi connectivity index (χ2v) is 22.4. The molecular weight excluding hydrogens is 841 g/mol. The monoisotopic (exact) mass is 937 g/mol. The van der Waals surface area contributed by atoms with Crippen LogP contribution in [0.5, 0.6) is 0 Å². The van der Waals surface area contributed by atoms with Gasteiger partial charge in [-0.2, -0.15) is 0 Å². The lowest BCUT2D eigenvalue weighted by atomic mass is 9.71. The van der Waals surface area contributed by atoms with Crippen LogP contribution in [0.4, 0.5) is 0 Å². The first-order valence-electron chi connectivity index (χ1n) is 23.2. The van der Waals surface area contributed by atoms with Crippen molar-refractivity contribution in [2.45, 2.75) is 221 Å². The average Bonchev–Trinajstić information content (AvgIpc) is 4.08. The van der Waals surface area contributed by atoms with Gasteiger partial charge in [0, 0.05) is 16.7 Å². The van der Waals surface area contributed by atoms with Gasteiger partial charge in [-0.1, -0.05) is 65.3 Å². The molecule has 0 radical (unpaired) electrons. The predicted molar refractivity (Wildman–Crippen MR) is 259 cm³/mol. The topological polar surface area (TPSA) is 158 Å². The van der Waals surface area contributed by atoms with E-state index in [0.717, 1.165) is 83.5 Å². The summed E-state index contributed by atoms with van der Waals surface area (Å²) in [5.74, 6) is 2.09. The molecule has 12 nitrogen and oxygen atoms in total. The van der Waals surface area contributed by atoms with Gasteiger partial charge in [0.15, 0.2) is 0 Å². The molecule has 9 fully saturated rings. The molecule has 6 saturated carbocycles. The van der Waals surface area contributed by atoms with Gasteiger partial charge in [0.2, 0.25) is 0 Å². The molecule has 384 valence electrons. The second-order valence-electron chi connectivity index (χ2n) is 22.4. The van der Waals surface area contributed by atoms with E-state index in [1.54, 1.807) is 0 Å². The van der Waals surface area contributed by atoms with Crippen LogP contribution in [0.2, 0.25) is 0 Å². The van der Waals surface area contributed by atoms with Crippen molar-refractivity contribution in [3.8, 4) is 0 Å². The summed E-state index contributed by atoms with van der Waals surface area (Å²) in [4.78, 5) is 71.5. The Labute approximate surface area is 401 Å². The number of hydrogen-bond acceptors (Lipinski definition) is 12. The molecule has 6 aliphatic carbocycles. The number of ether oxygens (including phenoxy) is 6. The van der Waals surface area contributed by atoms with E-state index in [2.05, 4.69) is 0 Å². The van der Waals surface area contributed by atoms with Crippen molar-refractivity contribution in [3.63, 3.8) is 0 Å². The highest BCUT2D eigenvalue weighted by Crippen LogP contribution is 2.63. The summed E-state index contributed by atoms with van der Waals surface area (Å²) < 4.78 is 32.9. The number of carbonyl (C=O) groups is 6. The second kappa shape index (κ2) is 22.1. The zero-order valence-corrected chi connectivity index (χ0v) is 37.8. The Kier molecular flexibility index (Phi) is 20.3. The molecule has 0 amide bonds. The third kappa shape index (κ3) is 11.1. The van der Waals surface area contributed by atoms with E-state index < -0.39 is 16.2 Å². The molecule has 3 aliphatic heterocycles. The van der Waals surface area contributed by atoms with Crippen LogP contribution in [0.15, 0.2) is 0 Å². The molecule has 12 atom stereocenters. The third-order valence-electron chi connectivity index (χ3n) is 17.6. The number of cyclic esters (lactones) is 3. The summed E-state index contributed by atoms with van der Waals surface area (Å²) in [5, 5.41) is 0. The standard InChI is InChI=1S/3C16H24O4.6CH4/c1-4-15(2,3)14(18)20-12-6-11-5-10(12)7-16(11)8-13(17)19-9-16;1-4-15(2,3)14(18)20-12-6-10-5-11(12)16(7-10)8-13(17)19-9-16;1-4-15(2,3)13(17)20-12-8-11-7-10(12)9-16(11)5-6-19-14(16)18;;;;;;/h3*10-12H,4-9H2,1-3H3;6*1H4. The number of esters is 6. The van der Waals surface area contributed by atoms with Gasteiger partial charge in [-0.25, -0.2) is 0 Å². The van der Waals surface area contributed by atoms with Gasteiger partial charge in [-0.15, -0.1) is 0 Å². The Bertz CT molecular complexity index is 1720. The average molecular weight is 937 g/mol. The fourth-order valence-electron chi connectivity index (χ4n) is 12.4. The van der Waals surface area contributed by atoms with Gasteiger partial charge in [-0.05, 0) is 155 Å². The van der Waals surface area contributed by atoms with Gasteiger partial charge in [-0.3, -0.25) is 28.8 Å². The summed E-state index contributed by atoms with van der Waals surface area (Å²) in [7, 11) is 0. The minimum absolute atomic E-state index is 0. The van der Waals surface area contributed by atoms with Crippen molar-refractivity contribution < 1.29 is 57.2 Å². The summed E-state index contributed by atoms with van der Waals surface area (Å²) >= 11 is 0. The number of fused-ring (bicyclic) bond motifs is 9. The molecule has 0 N–H and O–H groups in total. The quantitative estimate of drug-likeness (QED) is 0.159. The lowest BCUT2D eigenvalue weighted by Gasteiger charge is -2.37. The van der Waals surface area contributed by atoms with Crippen LogP contribution in [-0.4, -0.2) is 73.9 Å². The van der Waals surface area contributed by atoms with Crippen molar-refractivity contribution >= 4 is 35.8 Å². The lowest BCUT2D eigenvalue weighted by Crippen LogP contribution is -2.41. The summed E-state index contributed by atoms with van der Waals surface area (Å²) in [6.07, 6.45) is 13.1. The van der Waals surface area contributed by atoms with Crippen LogP contribution in [0.1, 0.15) is 203 Å². The Morgan fingerprint density at radius 1 is 0.545 bits per heavy atom. The molecule has 3 heterocycles. The highest BCUT2D eigenvalue weighted by atomic mass is 16.6. The largest absolute Gasteiger partial charge is 0.465 e. The van der Waals surface area contributed by atoms with Gasteiger partial charge in [0.25, 0.3) is 0 Å². The van der Waals surface area contributed by atoms with Crippen LogP contribution in [-0.2, 0) is 57.2 Å². The van der Waals surface area contributed by atoms with Crippen LogP contribution < -0.4 is 0 Å². The summed E-state index contributed by atoms with van der Waals surface area (Å²) in [5.41, 5.74) is -1.45. The van der Waals surface area contributed by atoms with Gasteiger partial charge < -0.3 is 28.4 Å². The van der Waals surface area contributed by atoms with E-state index in [4.69, 9.17) is 28.4 Å². The maximum Gasteiger partial charge on any atom is 0.312 e. The highest BCUT2D eigenvalue weighted by Gasteiger charge is 2.64. The first-order valence-corrected chi connectivity index (χ1v) is 23.2. The fourth-order valence-corrected chi connectivity index (χ4v) is 12.4. The van der Waals surface area contributed by atoms with E-state index in [1.807, 2.05) is 62.3 Å². The smallest absolute Gasteiger partial charge is 0.312 e. The maximum absolute atomic E-state index is 12.3. The Morgan fingerprint density at radius 3 is 1.35 bits per heavy atom. The molecule has 3 spiro atoms. The van der Waals surface area contributed by atoms with Crippen molar-refractivity contribution in [2.75, 3.05) is 19.8 Å². The molecule has 12 unspecified atom stereocenters. The molecule has 12 heteroatoms. The number of hydrogen-bond donors (Lipinski definition) is 0. The zero-order valence-electron chi connectivity index (χ0n) is 37.8. The van der Waals surface area contributed by atoms with Gasteiger partial charge >= 0.3 is 35.8 Å². The normalized spacial score (nSPS) is 35.8. The third-order valence-corrected chi connectivity index (χ3v) is 17.6. The zero-order chi connectivity index (χ0) is 43.6. The SMILES string of the molecule is C.C.C.C.C.C.CCC(C)(C)C(=O)OC1CC2CC1C1(COC(=O)C1)C2.CCC(C)(C)C(=O)OC1CC2CC1CC21CCOC1=O.CCC(C)(C)C(=O)OC1CC2CC1CC21COC(=O)C1. The van der Waals surface area contributed by atoms with Crippen LogP contribution >= 0.6 is 0 Å². The van der Waals surface area contributed by atoms with E-state index in [0.29, 0.717) is 68.2 Å². The first-order chi connectivity index (χ1) is 28.1. The van der Waals surface area contributed by atoms with Crippen LogP contribution in [0.3, 0.4) is 0 Å². The predicted octanol–water partition coefficient (Wildman–Crippen LogP) is 11.9. The lowest BCUT2D eigenvalue weighted by molar-refractivity contribution is -0.166. The van der Waals surface area contributed by atoms with Crippen molar-refractivity contribution in [2.24, 2.45) is 68.0 Å². The minimum atomic E-state index is -0.420. The molecule has 66 heavy (non-hydrogen) atoms. The number of rotatable bonds is 9. The summed E-state index contributed by atoms with van der Waals surface area (Å²) in [6.45, 7) is 19.3. The van der Waals surface area contributed by atoms with E-state index in [1.165, 1.54) is 0 Å². The van der Waals surface area contributed by atoms with E-state index in [9.17, 15) is 28.8 Å². The number of carbonyl (C=O) groups excluding carboxylic acids is 6. The maximum atomic E-state index is 12.3. The highest BCUT2D eigenvalue weighted by molar-refractivity contribution is 5.80. The molecule has 9 aliphatic rings. The fraction of sp³-hybridized carbons (Fsp3) is 0.889. The Hall–Kier alpha value is -3.18. The molecule has 0 aromatic heterocycles. The van der Waals surface area contributed by atoms with Gasteiger partial charge in [0.05, 0.1) is 54.3 Å². The van der Waals surface area contributed by atoms with Crippen LogP contribution in [0.25, 0.3) is 0 Å². The molecule has 0 aromatic carbocycles. The molecular formula is C54H96O12. The molecule has 9 rings (SSSR count). The Morgan fingerprint density at radius 2 is 0.985 bits per heavy atom. The van der Waals surface area contributed by atoms with E-state index >= 15 is 0 Å². The van der Waals surface area contributed by atoms with Crippen molar-refractivity contribution in [3.05, 3.63) is 0 Å². The Balaban J connectivity index is 0.000000473. The first kappa shape index (κ1) is 60.8. The van der Waals surface area contributed by atoms with E-state index in [-0.39, 0.29) is 115 Å². The molecule has 6 bridgehead atoms. The van der Waals surface area contributed by atoms with Crippen molar-refractivity contribution in [1.82, 2.24) is 0 Å².